The van der Waals surface area contributed by atoms with Crippen molar-refractivity contribution in [2.45, 2.75) is 64.3 Å². The number of fused-ring (bicyclic) bond motifs is 1. The summed E-state index contributed by atoms with van der Waals surface area (Å²) >= 11 is 5.95. The van der Waals surface area contributed by atoms with Crippen LogP contribution in [0.15, 0.2) is 48.5 Å². The lowest BCUT2D eigenvalue weighted by Gasteiger charge is -2.55. The third-order valence-electron chi connectivity index (χ3n) is 8.75. The third-order valence-corrected chi connectivity index (χ3v) is 9.00. The predicted molar refractivity (Wildman–Crippen MR) is 143 cm³/mol. The number of halogens is 1. The van der Waals surface area contributed by atoms with E-state index >= 15 is 0 Å². The van der Waals surface area contributed by atoms with E-state index in [4.69, 9.17) is 21.3 Å². The fourth-order valence-corrected chi connectivity index (χ4v) is 7.65. The van der Waals surface area contributed by atoms with Gasteiger partial charge in [-0.15, -0.1) is 0 Å². The van der Waals surface area contributed by atoms with Crippen LogP contribution in [0.4, 0.5) is 0 Å². The van der Waals surface area contributed by atoms with Crippen molar-refractivity contribution in [3.8, 4) is 5.75 Å². The van der Waals surface area contributed by atoms with Crippen LogP contribution in [0, 0.1) is 23.2 Å². The number of nitrogens with one attached hydrogen (secondary N) is 1. The Morgan fingerprint density at radius 2 is 1.69 bits per heavy atom. The minimum absolute atomic E-state index is 0.0844. The topological polar surface area (TPSA) is 56.2 Å². The summed E-state index contributed by atoms with van der Waals surface area (Å²) in [6.07, 6.45) is 10.1. The van der Waals surface area contributed by atoms with E-state index in [1.54, 1.807) is 0 Å². The molecule has 0 saturated heterocycles. The van der Waals surface area contributed by atoms with Gasteiger partial charge >= 0.3 is 0 Å². The minimum atomic E-state index is -0.0844. The molecular weight excluding hydrogens is 470 g/mol. The van der Waals surface area contributed by atoms with E-state index in [1.807, 2.05) is 30.3 Å². The lowest BCUT2D eigenvalue weighted by atomic mass is 9.49. The van der Waals surface area contributed by atoms with Crippen LogP contribution in [0.5, 0.6) is 5.75 Å². The van der Waals surface area contributed by atoms with Crippen LogP contribution in [-0.4, -0.2) is 28.6 Å². The smallest absolute Gasteiger partial charge is 0.226 e. The number of rotatable bonds is 10. The highest BCUT2D eigenvalue weighted by Crippen LogP contribution is 2.60. The molecule has 0 unspecified atom stereocenters. The van der Waals surface area contributed by atoms with E-state index in [2.05, 4.69) is 28.1 Å². The number of ether oxygens (including phenoxy) is 1. The number of benzene rings is 2. The highest BCUT2D eigenvalue weighted by atomic mass is 35.5. The molecular formula is C30H36ClN3O2. The Hall–Kier alpha value is -2.53. The molecule has 1 heterocycles. The monoisotopic (exact) mass is 505 g/mol. The van der Waals surface area contributed by atoms with Crippen LogP contribution in [0.3, 0.4) is 0 Å². The minimum Gasteiger partial charge on any atom is -0.494 e. The fourth-order valence-electron chi connectivity index (χ4n) is 7.52. The number of nitrogens with zero attached hydrogens (tertiary/aromatic N) is 2. The number of para-hydroxylation sites is 2. The quantitative estimate of drug-likeness (QED) is 0.323. The molecule has 0 spiro atoms. The van der Waals surface area contributed by atoms with Crippen molar-refractivity contribution in [2.24, 2.45) is 23.2 Å². The van der Waals surface area contributed by atoms with Gasteiger partial charge in [-0.05, 0) is 106 Å². The van der Waals surface area contributed by atoms with Crippen molar-refractivity contribution in [3.63, 3.8) is 0 Å². The SMILES string of the molecule is O=C(NCCc1nc2ccccc2n1CCCCOc1ccc(Cl)cc1)C12CC3CC(CC(C3)C1)C2. The van der Waals surface area contributed by atoms with Crippen molar-refractivity contribution < 1.29 is 9.53 Å². The molecule has 4 fully saturated rings. The molecule has 1 aromatic heterocycles. The van der Waals surface area contributed by atoms with Crippen LogP contribution in [0.2, 0.25) is 5.02 Å². The third kappa shape index (κ3) is 4.87. The van der Waals surface area contributed by atoms with E-state index in [-0.39, 0.29) is 5.41 Å². The molecule has 3 aromatic rings. The number of aromatic nitrogens is 2. The second-order valence-electron chi connectivity index (χ2n) is 11.4. The molecule has 7 rings (SSSR count). The number of amides is 1. The van der Waals surface area contributed by atoms with Gasteiger partial charge in [0.05, 0.1) is 17.6 Å². The zero-order chi connectivity index (χ0) is 24.5. The molecule has 0 radical (unpaired) electrons. The van der Waals surface area contributed by atoms with Gasteiger partial charge in [-0.2, -0.15) is 0 Å². The molecule has 5 nitrogen and oxygen atoms in total. The molecule has 0 atom stereocenters. The second kappa shape index (κ2) is 10.1. The van der Waals surface area contributed by atoms with Crippen molar-refractivity contribution in [3.05, 3.63) is 59.4 Å². The number of aryl methyl sites for hydroxylation is 1. The van der Waals surface area contributed by atoms with Gasteiger partial charge in [-0.3, -0.25) is 4.79 Å². The Morgan fingerprint density at radius 3 is 2.42 bits per heavy atom. The number of carbonyl (C=O) groups excluding carboxylic acids is 1. The van der Waals surface area contributed by atoms with Crippen molar-refractivity contribution in [1.29, 1.82) is 0 Å². The first-order chi connectivity index (χ1) is 17.6. The molecule has 0 aliphatic heterocycles. The zero-order valence-electron chi connectivity index (χ0n) is 20.9. The first-order valence-corrected chi connectivity index (χ1v) is 14.1. The number of hydrogen-bond acceptors (Lipinski definition) is 3. The van der Waals surface area contributed by atoms with E-state index in [0.29, 0.717) is 19.1 Å². The summed E-state index contributed by atoms with van der Waals surface area (Å²) in [6.45, 7) is 2.22. The van der Waals surface area contributed by atoms with E-state index in [9.17, 15) is 4.79 Å². The average molecular weight is 506 g/mol. The largest absolute Gasteiger partial charge is 0.494 e. The zero-order valence-corrected chi connectivity index (χ0v) is 21.7. The Labute approximate surface area is 218 Å². The molecule has 190 valence electrons. The normalized spacial score (nSPS) is 26.4. The highest BCUT2D eigenvalue weighted by Gasteiger charge is 2.54. The molecule has 36 heavy (non-hydrogen) atoms. The lowest BCUT2D eigenvalue weighted by Crippen LogP contribution is -2.53. The molecule has 6 heteroatoms. The Morgan fingerprint density at radius 1 is 1.00 bits per heavy atom. The summed E-state index contributed by atoms with van der Waals surface area (Å²) in [6, 6.07) is 15.8. The van der Waals surface area contributed by atoms with Crippen LogP contribution in [-0.2, 0) is 17.8 Å². The van der Waals surface area contributed by atoms with Crippen LogP contribution in [0.1, 0.15) is 57.2 Å². The summed E-state index contributed by atoms with van der Waals surface area (Å²) in [5.74, 6) is 4.58. The second-order valence-corrected chi connectivity index (χ2v) is 11.8. The maximum atomic E-state index is 13.4. The highest BCUT2D eigenvalue weighted by molar-refractivity contribution is 6.30. The maximum Gasteiger partial charge on any atom is 0.226 e. The molecule has 1 N–H and O–H groups in total. The van der Waals surface area contributed by atoms with Crippen molar-refractivity contribution in [2.75, 3.05) is 13.2 Å². The number of hydrogen-bond donors (Lipinski definition) is 1. The molecule has 1 amide bonds. The van der Waals surface area contributed by atoms with Gasteiger partial charge in [0.15, 0.2) is 0 Å². The Bertz CT molecular complexity index is 1180. The number of carbonyl (C=O) groups is 1. The molecule has 4 bridgehead atoms. The van der Waals surface area contributed by atoms with Crippen LogP contribution in [0.25, 0.3) is 11.0 Å². The molecule has 4 saturated carbocycles. The van der Waals surface area contributed by atoms with Gasteiger partial charge in [0, 0.05) is 29.9 Å². The van der Waals surface area contributed by atoms with E-state index in [0.717, 1.165) is 84.9 Å². The molecule has 2 aromatic carbocycles. The van der Waals surface area contributed by atoms with Crippen LogP contribution < -0.4 is 10.1 Å². The lowest BCUT2D eigenvalue weighted by molar-refractivity contribution is -0.146. The van der Waals surface area contributed by atoms with Gasteiger partial charge in [-0.1, -0.05) is 23.7 Å². The van der Waals surface area contributed by atoms with Crippen molar-refractivity contribution in [1.82, 2.24) is 14.9 Å². The first-order valence-electron chi connectivity index (χ1n) is 13.7. The number of imidazole rings is 1. The average Bonchev–Trinajstić information content (AvgIpc) is 3.21. The van der Waals surface area contributed by atoms with Gasteiger partial charge < -0.3 is 14.6 Å². The fraction of sp³-hybridized carbons (Fsp3) is 0.533. The standard InChI is InChI=1S/C30H36ClN3O2/c31-24-7-9-25(10-8-24)36-14-4-3-13-34-27-6-2-1-5-26(27)33-28(34)11-12-32-29(35)30-18-21-15-22(19-30)17-23(16-21)20-30/h1-2,5-10,21-23H,3-4,11-20H2,(H,32,35). The van der Waals surface area contributed by atoms with Gasteiger partial charge in [-0.25, -0.2) is 4.98 Å². The van der Waals surface area contributed by atoms with Gasteiger partial charge in [0.25, 0.3) is 0 Å². The predicted octanol–water partition coefficient (Wildman–Crippen LogP) is 6.42. The first kappa shape index (κ1) is 23.8. The summed E-state index contributed by atoms with van der Waals surface area (Å²) in [5, 5.41) is 4.06. The summed E-state index contributed by atoms with van der Waals surface area (Å²) in [5.41, 5.74) is 2.11. The van der Waals surface area contributed by atoms with Gasteiger partial charge in [0.2, 0.25) is 5.91 Å². The summed E-state index contributed by atoms with van der Waals surface area (Å²) in [7, 11) is 0. The Balaban J connectivity index is 1.05. The van der Waals surface area contributed by atoms with Gasteiger partial charge in [0.1, 0.15) is 11.6 Å². The Kier molecular flexibility index (Phi) is 6.68. The molecule has 4 aliphatic rings. The van der Waals surface area contributed by atoms with E-state index in [1.165, 1.54) is 24.8 Å². The maximum absolute atomic E-state index is 13.4. The summed E-state index contributed by atoms with van der Waals surface area (Å²) in [4.78, 5) is 18.3. The van der Waals surface area contributed by atoms with Crippen molar-refractivity contribution >= 4 is 28.5 Å². The van der Waals surface area contributed by atoms with E-state index < -0.39 is 0 Å². The summed E-state index contributed by atoms with van der Waals surface area (Å²) < 4.78 is 8.19. The number of unbranched alkanes of at least 4 members (excludes halogenated alkanes) is 1. The van der Waals surface area contributed by atoms with Crippen LogP contribution >= 0.6 is 11.6 Å². The molecule has 4 aliphatic carbocycles.